The highest BCUT2D eigenvalue weighted by molar-refractivity contribution is 6.31. The third kappa shape index (κ3) is 2.84. The monoisotopic (exact) mass is 254 g/mol. The van der Waals surface area contributed by atoms with Crippen molar-refractivity contribution < 1.29 is 8.91 Å². The Labute approximate surface area is 104 Å². The summed E-state index contributed by atoms with van der Waals surface area (Å²) in [4.78, 5) is 0. The van der Waals surface area contributed by atoms with Crippen molar-refractivity contribution in [1.82, 2.24) is 10.5 Å². The third-order valence-electron chi connectivity index (χ3n) is 2.32. The first-order valence-electron chi connectivity index (χ1n) is 5.32. The molecule has 1 aromatic heterocycles. The van der Waals surface area contributed by atoms with E-state index in [1.54, 1.807) is 6.07 Å². The van der Waals surface area contributed by atoms with E-state index >= 15 is 0 Å². The molecule has 17 heavy (non-hydrogen) atoms. The predicted octanol–water partition coefficient (Wildman–Crippen LogP) is 3.24. The van der Waals surface area contributed by atoms with Gasteiger partial charge in [-0.05, 0) is 24.7 Å². The maximum Gasteiger partial charge on any atom is 0.167 e. The molecule has 2 rings (SSSR count). The summed E-state index contributed by atoms with van der Waals surface area (Å²) in [5, 5.41) is 7.13. The van der Waals surface area contributed by atoms with Gasteiger partial charge in [0.1, 0.15) is 5.82 Å². The Hall–Kier alpha value is -1.39. The van der Waals surface area contributed by atoms with Crippen LogP contribution in [0.2, 0.25) is 5.02 Å². The molecule has 0 unspecified atom stereocenters. The van der Waals surface area contributed by atoms with Gasteiger partial charge in [0.25, 0.3) is 0 Å². The highest BCUT2D eigenvalue weighted by atomic mass is 35.5. The molecule has 0 aliphatic rings. The van der Waals surface area contributed by atoms with Gasteiger partial charge in [-0.25, -0.2) is 4.39 Å². The summed E-state index contributed by atoms with van der Waals surface area (Å²) in [6, 6.07) is 6.25. The van der Waals surface area contributed by atoms with E-state index in [0.29, 0.717) is 17.9 Å². The molecule has 90 valence electrons. The fourth-order valence-corrected chi connectivity index (χ4v) is 1.61. The van der Waals surface area contributed by atoms with Gasteiger partial charge in [0.2, 0.25) is 0 Å². The molecule has 0 bridgehead atoms. The number of halogens is 2. The number of aromatic nitrogens is 1. The molecule has 0 saturated carbocycles. The Morgan fingerprint density at radius 3 is 2.94 bits per heavy atom. The molecule has 3 nitrogen and oxygen atoms in total. The summed E-state index contributed by atoms with van der Waals surface area (Å²) in [5.41, 5.74) is 1.52. The van der Waals surface area contributed by atoms with Crippen LogP contribution in [0.1, 0.15) is 12.6 Å². The molecule has 1 aromatic carbocycles. The minimum atomic E-state index is -0.442. The summed E-state index contributed by atoms with van der Waals surface area (Å²) in [5.74, 6) is 0.141. The van der Waals surface area contributed by atoms with Crippen LogP contribution in [-0.4, -0.2) is 11.7 Å². The van der Waals surface area contributed by atoms with E-state index in [1.165, 1.54) is 12.1 Å². The predicted molar refractivity (Wildman–Crippen MR) is 64.3 cm³/mol. The van der Waals surface area contributed by atoms with Crippen molar-refractivity contribution in [2.45, 2.75) is 13.5 Å². The lowest BCUT2D eigenvalue weighted by atomic mass is 10.1. The first-order chi connectivity index (χ1) is 8.20. The van der Waals surface area contributed by atoms with Crippen molar-refractivity contribution in [1.29, 1.82) is 0 Å². The van der Waals surface area contributed by atoms with Crippen molar-refractivity contribution in [2.75, 3.05) is 6.54 Å². The summed E-state index contributed by atoms with van der Waals surface area (Å²) < 4.78 is 18.2. The van der Waals surface area contributed by atoms with Crippen LogP contribution in [0.3, 0.4) is 0 Å². The molecule has 1 heterocycles. The molecule has 0 amide bonds. The molecule has 5 heteroatoms. The quantitative estimate of drug-likeness (QED) is 0.910. The van der Waals surface area contributed by atoms with Crippen molar-refractivity contribution in [2.24, 2.45) is 0 Å². The lowest BCUT2D eigenvalue weighted by Crippen LogP contribution is -2.11. The third-order valence-corrected chi connectivity index (χ3v) is 2.61. The number of nitrogens with one attached hydrogen (secondary N) is 1. The highest BCUT2D eigenvalue weighted by Gasteiger charge is 2.08. The smallest absolute Gasteiger partial charge is 0.167 e. The topological polar surface area (TPSA) is 38.1 Å². The fraction of sp³-hybridized carbons (Fsp3) is 0.250. The minimum absolute atomic E-state index is 0.0760. The first kappa shape index (κ1) is 12.1. The number of hydrogen-bond donors (Lipinski definition) is 1. The molecule has 1 N–H and O–H groups in total. The van der Waals surface area contributed by atoms with Crippen LogP contribution < -0.4 is 5.32 Å². The van der Waals surface area contributed by atoms with Crippen LogP contribution in [0, 0.1) is 5.82 Å². The van der Waals surface area contributed by atoms with Gasteiger partial charge < -0.3 is 9.84 Å². The average molecular weight is 255 g/mol. The lowest BCUT2D eigenvalue weighted by molar-refractivity contribution is 0.420. The molecule has 0 aliphatic carbocycles. The SMILES string of the molecule is CCNCc1cc(-c2ccc(F)c(Cl)c2)on1. The summed E-state index contributed by atoms with van der Waals surface area (Å²) in [6.45, 7) is 3.53. The van der Waals surface area contributed by atoms with Crippen LogP contribution in [0.15, 0.2) is 28.8 Å². The number of hydrogen-bond acceptors (Lipinski definition) is 3. The Kier molecular flexibility index (Phi) is 3.76. The Bertz CT molecular complexity index is 513. The van der Waals surface area contributed by atoms with Gasteiger partial charge in [0, 0.05) is 18.2 Å². The van der Waals surface area contributed by atoms with Gasteiger partial charge in [0.05, 0.1) is 10.7 Å². The fourth-order valence-electron chi connectivity index (χ4n) is 1.43. The van der Waals surface area contributed by atoms with E-state index in [2.05, 4.69) is 10.5 Å². The van der Waals surface area contributed by atoms with E-state index in [0.717, 1.165) is 12.2 Å². The summed E-state index contributed by atoms with van der Waals surface area (Å²) >= 11 is 5.70. The second-order valence-corrected chi connectivity index (χ2v) is 4.00. The van der Waals surface area contributed by atoms with E-state index in [1.807, 2.05) is 13.0 Å². The Balaban J connectivity index is 2.21. The van der Waals surface area contributed by atoms with Crippen molar-refractivity contribution >= 4 is 11.6 Å². The number of nitrogens with zero attached hydrogens (tertiary/aromatic N) is 1. The zero-order valence-electron chi connectivity index (χ0n) is 9.34. The Morgan fingerprint density at radius 2 is 2.24 bits per heavy atom. The standard InChI is InChI=1S/C12H12ClFN2O/c1-2-15-7-9-6-12(17-16-9)8-3-4-11(14)10(13)5-8/h3-6,15H,2,7H2,1H3. The van der Waals surface area contributed by atoms with Crippen LogP contribution in [0.4, 0.5) is 4.39 Å². The van der Waals surface area contributed by atoms with Crippen molar-refractivity contribution in [3.63, 3.8) is 0 Å². The molecular formula is C12H12ClFN2O. The van der Waals surface area contributed by atoms with Gasteiger partial charge >= 0.3 is 0 Å². The van der Waals surface area contributed by atoms with Crippen molar-refractivity contribution in [3.8, 4) is 11.3 Å². The van der Waals surface area contributed by atoms with Crippen molar-refractivity contribution in [3.05, 3.63) is 40.8 Å². The van der Waals surface area contributed by atoms with E-state index in [9.17, 15) is 4.39 Å². The molecule has 0 fully saturated rings. The number of rotatable bonds is 4. The number of benzene rings is 1. The molecule has 0 saturated heterocycles. The molecule has 0 atom stereocenters. The molecule has 0 aliphatic heterocycles. The van der Waals surface area contributed by atoms with E-state index < -0.39 is 5.82 Å². The minimum Gasteiger partial charge on any atom is -0.356 e. The lowest BCUT2D eigenvalue weighted by Gasteiger charge is -1.97. The highest BCUT2D eigenvalue weighted by Crippen LogP contribution is 2.25. The summed E-state index contributed by atoms with van der Waals surface area (Å²) in [6.07, 6.45) is 0. The maximum absolute atomic E-state index is 13.0. The van der Waals surface area contributed by atoms with Gasteiger partial charge in [-0.3, -0.25) is 0 Å². The molecule has 0 spiro atoms. The van der Waals surface area contributed by atoms with E-state index in [-0.39, 0.29) is 5.02 Å². The average Bonchev–Trinajstić information content (AvgIpc) is 2.79. The molecule has 2 aromatic rings. The zero-order valence-corrected chi connectivity index (χ0v) is 10.1. The van der Waals surface area contributed by atoms with Crippen LogP contribution in [0.25, 0.3) is 11.3 Å². The van der Waals surface area contributed by atoms with Gasteiger partial charge in [0.15, 0.2) is 5.76 Å². The van der Waals surface area contributed by atoms with Gasteiger partial charge in [-0.1, -0.05) is 23.7 Å². The molecular weight excluding hydrogens is 243 g/mol. The van der Waals surface area contributed by atoms with Gasteiger partial charge in [-0.15, -0.1) is 0 Å². The summed E-state index contributed by atoms with van der Waals surface area (Å²) in [7, 11) is 0. The van der Waals surface area contributed by atoms with Crippen LogP contribution in [0.5, 0.6) is 0 Å². The zero-order chi connectivity index (χ0) is 12.3. The normalized spacial score (nSPS) is 10.8. The first-order valence-corrected chi connectivity index (χ1v) is 5.70. The Morgan fingerprint density at radius 1 is 1.41 bits per heavy atom. The molecule has 0 radical (unpaired) electrons. The van der Waals surface area contributed by atoms with Crippen LogP contribution >= 0.6 is 11.6 Å². The van der Waals surface area contributed by atoms with E-state index in [4.69, 9.17) is 16.1 Å². The maximum atomic E-state index is 13.0. The van der Waals surface area contributed by atoms with Crippen LogP contribution in [-0.2, 0) is 6.54 Å². The largest absolute Gasteiger partial charge is 0.356 e. The second kappa shape index (κ2) is 5.29. The van der Waals surface area contributed by atoms with Gasteiger partial charge in [-0.2, -0.15) is 0 Å². The second-order valence-electron chi connectivity index (χ2n) is 3.59.